The van der Waals surface area contributed by atoms with Crippen molar-refractivity contribution in [2.75, 3.05) is 7.05 Å². The van der Waals surface area contributed by atoms with E-state index >= 15 is 0 Å². The number of nitrogens with zero attached hydrogens (tertiary/aromatic N) is 2. The predicted molar refractivity (Wildman–Crippen MR) is 63.0 cm³/mol. The van der Waals surface area contributed by atoms with Crippen LogP contribution in [-0.2, 0) is 4.79 Å². The lowest BCUT2D eigenvalue weighted by Crippen LogP contribution is -2.37. The molecule has 0 aromatic heterocycles. The molecule has 0 saturated carbocycles. The van der Waals surface area contributed by atoms with E-state index in [-0.39, 0.29) is 11.3 Å². The van der Waals surface area contributed by atoms with Gasteiger partial charge in [-0.1, -0.05) is 15.9 Å². The van der Waals surface area contributed by atoms with Crippen molar-refractivity contribution in [1.82, 2.24) is 5.01 Å². The van der Waals surface area contributed by atoms with Crippen LogP contribution in [0.2, 0.25) is 0 Å². The van der Waals surface area contributed by atoms with Gasteiger partial charge in [0.05, 0.1) is 5.71 Å². The Bertz CT molecular complexity index is 572. The predicted octanol–water partition coefficient (Wildman–Crippen LogP) is 2.43. The maximum atomic E-state index is 13.7. The Morgan fingerprint density at radius 1 is 1.28 bits per heavy atom. The summed E-state index contributed by atoms with van der Waals surface area (Å²) in [5.41, 5.74) is -0.239. The molecule has 0 spiro atoms. The van der Waals surface area contributed by atoms with Gasteiger partial charge in [-0.15, -0.1) is 0 Å². The number of hydrogen-bond acceptors (Lipinski definition) is 2. The standard InChI is InChI=1S/C11H8BrF3N2O/c1-11(12)9(16-17(2)10(11)18)5-3-4-6(13)8(15)7(5)14/h3-4H,1-2H3. The second kappa shape index (κ2) is 4.08. The molecule has 3 nitrogen and oxygen atoms in total. The van der Waals surface area contributed by atoms with Crippen molar-refractivity contribution in [2.45, 2.75) is 11.2 Å². The molecule has 0 fully saturated rings. The van der Waals surface area contributed by atoms with Gasteiger partial charge in [0.1, 0.15) is 4.32 Å². The molecule has 0 aliphatic carbocycles. The van der Waals surface area contributed by atoms with Crippen molar-refractivity contribution in [3.8, 4) is 0 Å². The Morgan fingerprint density at radius 3 is 2.39 bits per heavy atom. The number of hydrogen-bond donors (Lipinski definition) is 0. The lowest BCUT2D eigenvalue weighted by Gasteiger charge is -2.16. The number of rotatable bonds is 1. The first-order valence-electron chi connectivity index (χ1n) is 4.97. The highest BCUT2D eigenvalue weighted by Crippen LogP contribution is 2.33. The lowest BCUT2D eigenvalue weighted by atomic mass is 9.98. The fourth-order valence-electron chi connectivity index (χ4n) is 1.71. The van der Waals surface area contributed by atoms with Gasteiger partial charge in [0, 0.05) is 12.6 Å². The zero-order valence-electron chi connectivity index (χ0n) is 9.47. The molecule has 1 amide bonds. The largest absolute Gasteiger partial charge is 0.271 e. The zero-order chi connectivity index (χ0) is 13.7. The van der Waals surface area contributed by atoms with Crippen LogP contribution < -0.4 is 0 Å². The molecule has 1 heterocycles. The van der Waals surface area contributed by atoms with Crippen LogP contribution in [0.5, 0.6) is 0 Å². The normalized spacial score (nSPS) is 23.6. The smallest absolute Gasteiger partial charge is 0.265 e. The van der Waals surface area contributed by atoms with Crippen LogP contribution in [0.1, 0.15) is 12.5 Å². The van der Waals surface area contributed by atoms with Crippen LogP contribution in [0.3, 0.4) is 0 Å². The Labute approximate surface area is 109 Å². The molecule has 1 aliphatic rings. The second-order valence-electron chi connectivity index (χ2n) is 4.00. The molecule has 1 aromatic carbocycles. The van der Waals surface area contributed by atoms with Crippen molar-refractivity contribution < 1.29 is 18.0 Å². The van der Waals surface area contributed by atoms with Gasteiger partial charge >= 0.3 is 0 Å². The first-order valence-corrected chi connectivity index (χ1v) is 5.76. The summed E-state index contributed by atoms with van der Waals surface area (Å²) in [6.45, 7) is 1.47. The average Bonchev–Trinajstić information content (AvgIpc) is 2.51. The quantitative estimate of drug-likeness (QED) is 0.578. The molecule has 1 atom stereocenters. The molecule has 0 saturated heterocycles. The van der Waals surface area contributed by atoms with Gasteiger partial charge in [-0.25, -0.2) is 18.2 Å². The number of carbonyl (C=O) groups is 1. The van der Waals surface area contributed by atoms with Crippen LogP contribution in [0.4, 0.5) is 13.2 Å². The second-order valence-corrected chi connectivity index (χ2v) is 5.59. The van der Waals surface area contributed by atoms with Crippen molar-refractivity contribution >= 4 is 27.5 Å². The van der Waals surface area contributed by atoms with Gasteiger partial charge < -0.3 is 0 Å². The molecule has 96 valence electrons. The van der Waals surface area contributed by atoms with Gasteiger partial charge in [0.2, 0.25) is 0 Å². The van der Waals surface area contributed by atoms with Crippen LogP contribution in [-0.4, -0.2) is 28.0 Å². The van der Waals surface area contributed by atoms with Gasteiger partial charge in [0.15, 0.2) is 17.5 Å². The highest BCUT2D eigenvalue weighted by Gasteiger charge is 2.45. The van der Waals surface area contributed by atoms with Crippen LogP contribution in [0.15, 0.2) is 17.2 Å². The summed E-state index contributed by atoms with van der Waals surface area (Å²) in [7, 11) is 1.40. The summed E-state index contributed by atoms with van der Waals surface area (Å²) >= 11 is 3.12. The van der Waals surface area contributed by atoms with E-state index in [9.17, 15) is 18.0 Å². The van der Waals surface area contributed by atoms with E-state index in [1.165, 1.54) is 14.0 Å². The zero-order valence-corrected chi connectivity index (χ0v) is 11.1. The number of carbonyl (C=O) groups excluding carboxylic acids is 1. The van der Waals surface area contributed by atoms with Gasteiger partial charge in [-0.3, -0.25) is 4.79 Å². The Kier molecular flexibility index (Phi) is 2.96. The molecule has 0 bridgehead atoms. The molecule has 18 heavy (non-hydrogen) atoms. The van der Waals surface area contributed by atoms with Gasteiger partial charge in [-0.2, -0.15) is 5.10 Å². The monoisotopic (exact) mass is 320 g/mol. The minimum atomic E-state index is -1.58. The van der Waals surface area contributed by atoms with E-state index < -0.39 is 27.7 Å². The maximum absolute atomic E-state index is 13.7. The number of halogens is 4. The highest BCUT2D eigenvalue weighted by atomic mass is 79.9. The van der Waals surface area contributed by atoms with E-state index in [1.54, 1.807) is 0 Å². The fraction of sp³-hybridized carbons (Fsp3) is 0.273. The van der Waals surface area contributed by atoms with Crippen molar-refractivity contribution in [3.05, 3.63) is 35.1 Å². The highest BCUT2D eigenvalue weighted by molar-refractivity contribution is 9.10. The SMILES string of the molecule is CN1N=C(c2ccc(F)c(F)c2F)C(C)(Br)C1=O. The van der Waals surface area contributed by atoms with Crippen molar-refractivity contribution in [3.63, 3.8) is 0 Å². The summed E-state index contributed by atoms with van der Waals surface area (Å²) in [5, 5.41) is 4.87. The number of amides is 1. The molecule has 2 rings (SSSR count). The van der Waals surface area contributed by atoms with Crippen LogP contribution in [0, 0.1) is 17.5 Å². The van der Waals surface area contributed by atoms with Gasteiger partial charge in [-0.05, 0) is 19.1 Å². The molecule has 1 aliphatic heterocycles. The summed E-state index contributed by atoms with van der Waals surface area (Å²) in [6, 6.07) is 1.85. The Hall–Kier alpha value is -1.37. The third kappa shape index (κ3) is 1.73. The maximum Gasteiger partial charge on any atom is 0.265 e. The molecule has 0 N–H and O–H groups in total. The number of hydrazone groups is 1. The first-order chi connectivity index (χ1) is 8.26. The summed E-state index contributed by atoms with van der Waals surface area (Å²) < 4.78 is 38.4. The molecular formula is C11H8BrF3N2O. The first kappa shape index (κ1) is 13.1. The van der Waals surface area contributed by atoms with Gasteiger partial charge in [0.25, 0.3) is 5.91 Å². The fourth-order valence-corrected chi connectivity index (χ4v) is 2.26. The topological polar surface area (TPSA) is 32.7 Å². The molecule has 7 heteroatoms. The average molecular weight is 321 g/mol. The van der Waals surface area contributed by atoms with E-state index in [0.29, 0.717) is 0 Å². The summed E-state index contributed by atoms with van der Waals surface area (Å²) in [4.78, 5) is 11.7. The third-order valence-corrected chi connectivity index (χ3v) is 3.40. The molecule has 1 aromatic rings. The third-order valence-electron chi connectivity index (χ3n) is 2.68. The molecule has 1 unspecified atom stereocenters. The minimum Gasteiger partial charge on any atom is -0.271 e. The molecule has 0 radical (unpaired) electrons. The minimum absolute atomic E-state index is 0.00593. The summed E-state index contributed by atoms with van der Waals surface area (Å²) in [6.07, 6.45) is 0. The Balaban J connectivity index is 2.61. The number of alkyl halides is 1. The lowest BCUT2D eigenvalue weighted by molar-refractivity contribution is -0.128. The Morgan fingerprint density at radius 2 is 1.89 bits per heavy atom. The van der Waals surface area contributed by atoms with E-state index in [0.717, 1.165) is 17.1 Å². The number of benzene rings is 1. The van der Waals surface area contributed by atoms with Crippen molar-refractivity contribution in [2.24, 2.45) is 5.10 Å². The van der Waals surface area contributed by atoms with Crippen molar-refractivity contribution in [1.29, 1.82) is 0 Å². The van der Waals surface area contributed by atoms with Crippen LogP contribution in [0.25, 0.3) is 0 Å². The van der Waals surface area contributed by atoms with Crippen LogP contribution >= 0.6 is 15.9 Å². The summed E-state index contributed by atoms with van der Waals surface area (Å²) in [5.74, 6) is -4.64. The molecular weight excluding hydrogens is 313 g/mol. The van der Waals surface area contributed by atoms with E-state index in [2.05, 4.69) is 21.0 Å². The van der Waals surface area contributed by atoms with E-state index in [4.69, 9.17) is 0 Å². The van der Waals surface area contributed by atoms with E-state index in [1.807, 2.05) is 0 Å².